The molecule has 1 amide bonds. The number of halogens is 1. The highest BCUT2D eigenvalue weighted by molar-refractivity contribution is 6.08. The fourth-order valence-corrected chi connectivity index (χ4v) is 4.24. The summed E-state index contributed by atoms with van der Waals surface area (Å²) in [6.45, 7) is 2.91. The molecule has 174 valence electrons. The van der Waals surface area contributed by atoms with Crippen LogP contribution in [0.1, 0.15) is 10.4 Å². The second-order valence-corrected chi connectivity index (χ2v) is 8.24. The Morgan fingerprint density at radius 3 is 2.56 bits per heavy atom. The van der Waals surface area contributed by atoms with E-state index in [1.54, 1.807) is 29.2 Å². The fourth-order valence-electron chi connectivity index (χ4n) is 4.24. The Morgan fingerprint density at radius 2 is 1.85 bits per heavy atom. The normalized spacial score (nSPS) is 14.5. The van der Waals surface area contributed by atoms with Crippen LogP contribution in [-0.2, 0) is 7.05 Å². The van der Waals surface area contributed by atoms with E-state index in [1.165, 1.54) is 0 Å². The van der Waals surface area contributed by atoms with Gasteiger partial charge in [0.15, 0.2) is 5.82 Å². The van der Waals surface area contributed by atoms with Gasteiger partial charge in [-0.1, -0.05) is 6.07 Å². The molecule has 0 spiro atoms. The van der Waals surface area contributed by atoms with Crippen LogP contribution in [-0.4, -0.2) is 75.2 Å². The van der Waals surface area contributed by atoms with E-state index in [1.807, 2.05) is 31.6 Å². The summed E-state index contributed by atoms with van der Waals surface area (Å²) in [7, 11) is 1.88. The highest BCUT2D eigenvalue weighted by atomic mass is 19.1. The second-order valence-electron chi connectivity index (χ2n) is 8.24. The Labute approximate surface area is 196 Å². The molecule has 1 aromatic carbocycles. The first-order valence-electron chi connectivity index (χ1n) is 11.2. The van der Waals surface area contributed by atoms with Gasteiger partial charge in [-0.25, -0.2) is 4.39 Å². The highest BCUT2D eigenvalue weighted by Gasteiger charge is 2.24. The number of amides is 1. The minimum absolute atomic E-state index is 0.281. The molecule has 1 aliphatic heterocycles. The molecule has 0 unspecified atom stereocenters. The van der Waals surface area contributed by atoms with Crippen molar-refractivity contribution in [2.24, 2.45) is 7.05 Å². The molecule has 0 atom stereocenters. The lowest BCUT2D eigenvalue weighted by Crippen LogP contribution is -2.47. The molecule has 4 aromatic rings. The maximum Gasteiger partial charge on any atom is 0.257 e. The minimum Gasteiger partial charge on any atom is -0.365 e. The van der Waals surface area contributed by atoms with Crippen LogP contribution in [0.5, 0.6) is 0 Å². The molecule has 1 aliphatic rings. The van der Waals surface area contributed by atoms with Gasteiger partial charge in [-0.15, -0.1) is 10.2 Å². The monoisotopic (exact) mass is 460 g/mol. The van der Waals surface area contributed by atoms with Crippen LogP contribution in [0.2, 0.25) is 0 Å². The van der Waals surface area contributed by atoms with Crippen molar-refractivity contribution >= 4 is 28.3 Å². The number of nitrogens with one attached hydrogen (secondary N) is 1. The van der Waals surface area contributed by atoms with Crippen LogP contribution in [0.25, 0.3) is 22.0 Å². The van der Waals surface area contributed by atoms with Crippen molar-refractivity contribution in [3.05, 3.63) is 60.7 Å². The summed E-state index contributed by atoms with van der Waals surface area (Å²) in [5.74, 6) is 0.119. The number of aryl methyl sites for hydroxylation is 1. The van der Waals surface area contributed by atoms with Crippen molar-refractivity contribution in [3.8, 4) is 11.1 Å². The van der Waals surface area contributed by atoms with Gasteiger partial charge in [-0.05, 0) is 29.8 Å². The predicted molar refractivity (Wildman–Crippen MR) is 129 cm³/mol. The number of hydrogen-bond donors (Lipinski definition) is 1. The van der Waals surface area contributed by atoms with E-state index in [2.05, 4.69) is 41.5 Å². The lowest BCUT2D eigenvalue weighted by atomic mass is 10.0. The van der Waals surface area contributed by atoms with Crippen molar-refractivity contribution in [3.63, 3.8) is 0 Å². The van der Waals surface area contributed by atoms with Gasteiger partial charge < -0.3 is 10.2 Å². The van der Waals surface area contributed by atoms with E-state index < -0.39 is 0 Å². The molecule has 34 heavy (non-hydrogen) atoms. The Morgan fingerprint density at radius 1 is 1.06 bits per heavy atom. The first kappa shape index (κ1) is 21.9. The average molecular weight is 461 g/mol. The molecular weight excluding hydrogens is 435 g/mol. The number of alkyl halides is 1. The zero-order valence-electron chi connectivity index (χ0n) is 18.9. The van der Waals surface area contributed by atoms with Crippen molar-refractivity contribution in [2.75, 3.05) is 49.6 Å². The molecule has 1 saturated heterocycles. The topological polar surface area (TPSA) is 92.1 Å². The van der Waals surface area contributed by atoms with E-state index in [4.69, 9.17) is 0 Å². The smallest absolute Gasteiger partial charge is 0.257 e. The van der Waals surface area contributed by atoms with Crippen LogP contribution >= 0.6 is 0 Å². The highest BCUT2D eigenvalue weighted by Crippen LogP contribution is 2.35. The Hall–Kier alpha value is -3.92. The standard InChI is InChI=1S/C24H25FN8O/c1-31-16-19(15-27-31)18-2-3-21-20(14-18)22(33-12-10-32(9-6-25)11-13-33)23(30-29-21)28-24(34)17-4-7-26-8-5-17/h2-5,7-8,14-16H,6,9-13H2,1H3,(H,28,30,34). The summed E-state index contributed by atoms with van der Waals surface area (Å²) in [6, 6.07) is 9.29. The molecule has 10 heteroatoms. The van der Waals surface area contributed by atoms with Crippen LogP contribution in [0, 0.1) is 0 Å². The molecule has 5 rings (SSSR count). The van der Waals surface area contributed by atoms with Gasteiger partial charge in [0.2, 0.25) is 0 Å². The molecule has 0 aliphatic carbocycles. The fraction of sp³-hybridized carbons (Fsp3) is 0.292. The molecule has 0 bridgehead atoms. The number of fused-ring (bicyclic) bond motifs is 1. The Kier molecular flexibility index (Phi) is 6.13. The van der Waals surface area contributed by atoms with Gasteiger partial charge in [0.1, 0.15) is 6.67 Å². The van der Waals surface area contributed by atoms with Gasteiger partial charge in [-0.2, -0.15) is 5.10 Å². The van der Waals surface area contributed by atoms with Gasteiger partial charge in [-0.3, -0.25) is 19.4 Å². The molecule has 9 nitrogen and oxygen atoms in total. The largest absolute Gasteiger partial charge is 0.365 e. The van der Waals surface area contributed by atoms with Crippen LogP contribution < -0.4 is 10.2 Å². The van der Waals surface area contributed by atoms with Crippen molar-refractivity contribution in [2.45, 2.75) is 0 Å². The van der Waals surface area contributed by atoms with E-state index >= 15 is 0 Å². The molecule has 1 fully saturated rings. The van der Waals surface area contributed by atoms with Gasteiger partial charge in [0.05, 0.1) is 17.4 Å². The van der Waals surface area contributed by atoms with E-state index in [0.717, 1.165) is 40.8 Å². The third-order valence-corrected chi connectivity index (χ3v) is 6.04. The average Bonchev–Trinajstić information content (AvgIpc) is 3.31. The number of carbonyl (C=O) groups is 1. The maximum absolute atomic E-state index is 12.9. The Balaban J connectivity index is 1.57. The molecular formula is C24H25FN8O. The summed E-state index contributed by atoms with van der Waals surface area (Å²) in [5, 5.41) is 16.9. The number of pyridine rings is 1. The third kappa shape index (κ3) is 4.44. The lowest BCUT2D eigenvalue weighted by molar-refractivity contribution is 0.102. The van der Waals surface area contributed by atoms with Gasteiger partial charge >= 0.3 is 0 Å². The Bertz CT molecular complexity index is 1300. The van der Waals surface area contributed by atoms with Crippen LogP contribution in [0.4, 0.5) is 15.9 Å². The lowest BCUT2D eigenvalue weighted by Gasteiger charge is -2.36. The van der Waals surface area contributed by atoms with Gasteiger partial charge in [0, 0.05) is 74.9 Å². The number of anilines is 2. The number of carbonyl (C=O) groups excluding carboxylic acids is 1. The maximum atomic E-state index is 12.9. The summed E-state index contributed by atoms with van der Waals surface area (Å²) in [4.78, 5) is 21.2. The molecule has 0 radical (unpaired) electrons. The third-order valence-electron chi connectivity index (χ3n) is 6.04. The quantitative estimate of drug-likeness (QED) is 0.473. The van der Waals surface area contributed by atoms with Crippen molar-refractivity contribution in [1.82, 2.24) is 29.9 Å². The molecule has 0 saturated carbocycles. The zero-order valence-corrected chi connectivity index (χ0v) is 18.9. The predicted octanol–water partition coefficient (Wildman–Crippen LogP) is 2.77. The summed E-state index contributed by atoms with van der Waals surface area (Å²) < 4.78 is 14.6. The minimum atomic E-state index is -0.360. The van der Waals surface area contributed by atoms with E-state index in [9.17, 15) is 9.18 Å². The number of nitrogens with zero attached hydrogens (tertiary/aromatic N) is 7. The SMILES string of the molecule is Cn1cc(-c2ccc3nnc(NC(=O)c4ccncc4)c(N4CCN(CCF)CC4)c3c2)cn1. The second kappa shape index (κ2) is 9.52. The summed E-state index contributed by atoms with van der Waals surface area (Å²) in [5.41, 5.74) is 4.02. The molecule has 3 aromatic heterocycles. The first-order chi connectivity index (χ1) is 16.6. The van der Waals surface area contributed by atoms with Crippen LogP contribution in [0.15, 0.2) is 55.1 Å². The van der Waals surface area contributed by atoms with Crippen LogP contribution in [0.3, 0.4) is 0 Å². The number of rotatable bonds is 6. The van der Waals surface area contributed by atoms with Crippen molar-refractivity contribution < 1.29 is 9.18 Å². The summed E-state index contributed by atoms with van der Waals surface area (Å²) >= 11 is 0. The van der Waals surface area contributed by atoms with Gasteiger partial charge in [0.25, 0.3) is 5.91 Å². The van der Waals surface area contributed by atoms with E-state index in [0.29, 0.717) is 31.0 Å². The summed E-state index contributed by atoms with van der Waals surface area (Å²) in [6.07, 6.45) is 6.92. The first-order valence-corrected chi connectivity index (χ1v) is 11.2. The zero-order chi connectivity index (χ0) is 23.5. The number of hydrogen-bond acceptors (Lipinski definition) is 7. The number of piperazine rings is 1. The number of aromatic nitrogens is 5. The van der Waals surface area contributed by atoms with Crippen molar-refractivity contribution in [1.29, 1.82) is 0 Å². The number of benzene rings is 1. The molecule has 4 heterocycles. The van der Waals surface area contributed by atoms with E-state index in [-0.39, 0.29) is 12.6 Å². The molecule has 1 N–H and O–H groups in total.